The monoisotopic (exact) mass is 282 g/mol. The van der Waals surface area contributed by atoms with E-state index < -0.39 is 6.04 Å². The van der Waals surface area contributed by atoms with Gasteiger partial charge in [0.15, 0.2) is 0 Å². The van der Waals surface area contributed by atoms with Crippen LogP contribution in [0, 0.1) is 5.82 Å². The van der Waals surface area contributed by atoms with Gasteiger partial charge in [-0.25, -0.2) is 4.39 Å². The summed E-state index contributed by atoms with van der Waals surface area (Å²) in [5, 5.41) is 1.03. The van der Waals surface area contributed by atoms with Gasteiger partial charge in [-0.1, -0.05) is 24.3 Å². The van der Waals surface area contributed by atoms with Crippen molar-refractivity contribution >= 4 is 10.9 Å². The molecular weight excluding hydrogens is 267 g/mol. The van der Waals surface area contributed by atoms with Crippen LogP contribution in [-0.2, 0) is 0 Å². The quantitative estimate of drug-likeness (QED) is 0.800. The molecule has 0 aliphatic carbocycles. The summed E-state index contributed by atoms with van der Waals surface area (Å²) in [7, 11) is 1.50. The van der Waals surface area contributed by atoms with E-state index in [4.69, 9.17) is 10.5 Å². The molecule has 3 rings (SSSR count). The molecule has 0 saturated carbocycles. The predicted octanol–water partition coefficient (Wildman–Crippen LogP) is 3.43. The Labute approximate surface area is 122 Å². The number of halogens is 1. The van der Waals surface area contributed by atoms with Crippen molar-refractivity contribution in [2.75, 3.05) is 7.11 Å². The normalized spacial score (nSPS) is 12.3. The summed E-state index contributed by atoms with van der Waals surface area (Å²) < 4.78 is 19.1. The molecule has 0 bridgehead atoms. The fourth-order valence-corrected chi connectivity index (χ4v) is 2.34. The number of aromatic nitrogens is 1. The van der Waals surface area contributed by atoms with E-state index in [2.05, 4.69) is 4.98 Å². The highest BCUT2D eigenvalue weighted by Gasteiger charge is 2.15. The third-order valence-electron chi connectivity index (χ3n) is 3.53. The highest BCUT2D eigenvalue weighted by atomic mass is 19.1. The maximum atomic E-state index is 14.1. The number of nitrogens with zero attached hydrogens (tertiary/aromatic N) is 1. The first-order valence-corrected chi connectivity index (χ1v) is 6.63. The fourth-order valence-electron chi connectivity index (χ4n) is 2.34. The summed E-state index contributed by atoms with van der Waals surface area (Å²) in [5.74, 6) is 0.103. The molecule has 0 aliphatic rings. The molecule has 21 heavy (non-hydrogen) atoms. The molecule has 4 heteroatoms. The lowest BCUT2D eigenvalue weighted by molar-refractivity contribution is 0.410. The number of hydrogen-bond acceptors (Lipinski definition) is 3. The molecule has 0 amide bonds. The smallest absolute Gasteiger partial charge is 0.132 e. The lowest BCUT2D eigenvalue weighted by Crippen LogP contribution is -2.13. The van der Waals surface area contributed by atoms with Gasteiger partial charge in [-0.05, 0) is 23.8 Å². The lowest BCUT2D eigenvalue weighted by atomic mass is 9.98. The first-order valence-electron chi connectivity index (χ1n) is 6.63. The van der Waals surface area contributed by atoms with Gasteiger partial charge in [-0.15, -0.1) is 0 Å². The molecule has 106 valence electrons. The molecule has 2 N–H and O–H groups in total. The second kappa shape index (κ2) is 5.50. The van der Waals surface area contributed by atoms with Gasteiger partial charge in [0.1, 0.15) is 11.6 Å². The molecule has 1 unspecified atom stereocenters. The highest BCUT2D eigenvalue weighted by molar-refractivity contribution is 5.79. The number of ether oxygens (including phenoxy) is 1. The Kier molecular flexibility index (Phi) is 3.54. The van der Waals surface area contributed by atoms with Crippen molar-refractivity contribution in [3.8, 4) is 5.75 Å². The minimum Gasteiger partial charge on any atom is -0.497 e. The van der Waals surface area contributed by atoms with Gasteiger partial charge >= 0.3 is 0 Å². The number of fused-ring (bicyclic) bond motifs is 1. The zero-order valence-electron chi connectivity index (χ0n) is 11.6. The van der Waals surface area contributed by atoms with Crippen LogP contribution < -0.4 is 10.5 Å². The molecule has 3 aromatic rings. The molecule has 0 spiro atoms. The van der Waals surface area contributed by atoms with E-state index in [0.29, 0.717) is 11.3 Å². The fraction of sp³-hybridized carbons (Fsp3) is 0.118. The maximum Gasteiger partial charge on any atom is 0.132 e. The molecule has 1 atom stereocenters. The number of rotatable bonds is 3. The number of pyridine rings is 1. The van der Waals surface area contributed by atoms with Crippen LogP contribution in [0.25, 0.3) is 10.9 Å². The number of methoxy groups -OCH3 is 1. The summed E-state index contributed by atoms with van der Waals surface area (Å²) in [4.78, 5) is 4.30. The highest BCUT2D eigenvalue weighted by Crippen LogP contribution is 2.26. The van der Waals surface area contributed by atoms with Crippen molar-refractivity contribution in [3.63, 3.8) is 0 Å². The van der Waals surface area contributed by atoms with Gasteiger partial charge in [-0.2, -0.15) is 0 Å². The van der Waals surface area contributed by atoms with Crippen molar-refractivity contribution in [1.29, 1.82) is 0 Å². The van der Waals surface area contributed by atoms with Gasteiger partial charge in [0, 0.05) is 23.2 Å². The van der Waals surface area contributed by atoms with Crippen LogP contribution in [0.2, 0.25) is 0 Å². The van der Waals surface area contributed by atoms with E-state index in [1.54, 1.807) is 18.3 Å². The first kappa shape index (κ1) is 13.5. The average molecular weight is 282 g/mol. The maximum absolute atomic E-state index is 14.1. The molecule has 2 aromatic carbocycles. The third kappa shape index (κ3) is 2.58. The van der Waals surface area contributed by atoms with Crippen molar-refractivity contribution in [1.82, 2.24) is 4.98 Å². The molecule has 1 aromatic heterocycles. The van der Waals surface area contributed by atoms with Gasteiger partial charge in [-0.3, -0.25) is 4.98 Å². The molecule has 1 heterocycles. The second-order valence-corrected chi connectivity index (χ2v) is 4.82. The van der Waals surface area contributed by atoms with Crippen LogP contribution in [0.1, 0.15) is 17.2 Å². The van der Waals surface area contributed by atoms with E-state index in [-0.39, 0.29) is 5.82 Å². The van der Waals surface area contributed by atoms with E-state index in [1.165, 1.54) is 13.2 Å². The van der Waals surface area contributed by atoms with E-state index in [0.717, 1.165) is 16.5 Å². The van der Waals surface area contributed by atoms with Crippen LogP contribution in [0.4, 0.5) is 4.39 Å². The minimum atomic E-state index is -0.540. The Morgan fingerprint density at radius 3 is 2.76 bits per heavy atom. The Hall–Kier alpha value is -2.46. The van der Waals surface area contributed by atoms with Crippen LogP contribution in [0.3, 0.4) is 0 Å². The molecule has 0 fully saturated rings. The Morgan fingerprint density at radius 1 is 1.14 bits per heavy atom. The summed E-state index contributed by atoms with van der Waals surface area (Å²) in [6.07, 6.45) is 1.73. The zero-order chi connectivity index (χ0) is 14.8. The number of nitrogens with two attached hydrogens (primary N) is 1. The van der Waals surface area contributed by atoms with Crippen LogP contribution >= 0.6 is 0 Å². The van der Waals surface area contributed by atoms with Gasteiger partial charge in [0.05, 0.1) is 18.7 Å². The summed E-state index contributed by atoms with van der Waals surface area (Å²) in [6, 6.07) is 13.8. The van der Waals surface area contributed by atoms with Gasteiger partial charge in [0.25, 0.3) is 0 Å². The van der Waals surface area contributed by atoms with Crippen molar-refractivity contribution in [3.05, 3.63) is 71.7 Å². The van der Waals surface area contributed by atoms with E-state index >= 15 is 0 Å². The number of benzene rings is 2. The first-order chi connectivity index (χ1) is 10.2. The summed E-state index contributed by atoms with van der Waals surface area (Å²) >= 11 is 0. The SMILES string of the molecule is COc1ccc(C(N)c2ccc3cccnc3c2)c(F)c1. The third-order valence-corrected chi connectivity index (χ3v) is 3.53. The Balaban J connectivity index is 2.01. The Morgan fingerprint density at radius 2 is 2.00 bits per heavy atom. The molecule has 0 saturated heterocycles. The number of hydrogen-bond donors (Lipinski definition) is 1. The van der Waals surface area contributed by atoms with Crippen molar-refractivity contribution in [2.45, 2.75) is 6.04 Å². The summed E-state index contributed by atoms with van der Waals surface area (Å²) in [5.41, 5.74) is 8.30. The average Bonchev–Trinajstić information content (AvgIpc) is 2.53. The van der Waals surface area contributed by atoms with Crippen LogP contribution in [-0.4, -0.2) is 12.1 Å². The lowest BCUT2D eigenvalue weighted by Gasteiger charge is -2.14. The van der Waals surface area contributed by atoms with Crippen LogP contribution in [0.15, 0.2) is 54.7 Å². The summed E-state index contributed by atoms with van der Waals surface area (Å²) in [6.45, 7) is 0. The van der Waals surface area contributed by atoms with Gasteiger partial charge in [0.2, 0.25) is 0 Å². The second-order valence-electron chi connectivity index (χ2n) is 4.82. The molecular formula is C17H15FN2O. The molecule has 0 radical (unpaired) electrons. The topological polar surface area (TPSA) is 48.1 Å². The van der Waals surface area contributed by atoms with Crippen molar-refractivity contribution < 1.29 is 9.13 Å². The predicted molar refractivity (Wildman–Crippen MR) is 80.7 cm³/mol. The van der Waals surface area contributed by atoms with Crippen molar-refractivity contribution in [2.24, 2.45) is 5.73 Å². The Bertz CT molecular complexity index is 789. The van der Waals surface area contributed by atoms with E-state index in [1.807, 2.05) is 30.3 Å². The molecule has 3 nitrogen and oxygen atoms in total. The minimum absolute atomic E-state index is 0.372. The standard InChI is InChI=1S/C17H15FN2O/c1-21-13-6-7-14(15(18)10-13)17(19)12-5-4-11-3-2-8-20-16(11)9-12/h2-10,17H,19H2,1H3. The molecule has 0 aliphatic heterocycles. The van der Waals surface area contributed by atoms with Gasteiger partial charge < -0.3 is 10.5 Å². The zero-order valence-corrected chi connectivity index (χ0v) is 11.6. The van der Waals surface area contributed by atoms with E-state index in [9.17, 15) is 4.39 Å². The largest absolute Gasteiger partial charge is 0.497 e. The van der Waals surface area contributed by atoms with Crippen LogP contribution in [0.5, 0.6) is 5.75 Å².